The van der Waals surface area contributed by atoms with E-state index in [1.807, 2.05) is 13.2 Å². The average Bonchev–Trinajstić information content (AvgIpc) is 3.09. The minimum absolute atomic E-state index is 0.0361. The van der Waals surface area contributed by atoms with Crippen molar-refractivity contribution in [2.24, 2.45) is 23.2 Å². The molecule has 1 fully saturated rings. The number of fused-ring (bicyclic) bond motifs is 2. The highest BCUT2D eigenvalue weighted by Gasteiger charge is 2.54. The zero-order valence-electron chi connectivity index (χ0n) is 19.2. The second-order valence-electron chi connectivity index (χ2n) is 9.44. The number of amides is 2. The number of aliphatic hydroxyl groups excluding tert-OH is 1. The first kappa shape index (κ1) is 24.3. The molecule has 6 nitrogen and oxygen atoms in total. The van der Waals surface area contributed by atoms with Crippen LogP contribution in [0.4, 0.5) is 5.13 Å². The topological polar surface area (TPSA) is 82.5 Å². The third-order valence-corrected chi connectivity index (χ3v) is 8.79. The van der Waals surface area contributed by atoms with Crippen LogP contribution in [0.1, 0.15) is 50.1 Å². The zero-order valence-corrected chi connectivity index (χ0v) is 20.8. The molecule has 0 aromatic carbocycles. The van der Waals surface area contributed by atoms with Gasteiger partial charge in [-0.15, -0.1) is 17.9 Å². The number of likely N-dealkylation sites (N-methyl/N-ethyl adjacent to an activating group) is 1. The second kappa shape index (κ2) is 9.63. The number of rotatable bonds is 7. The van der Waals surface area contributed by atoms with Gasteiger partial charge in [0.2, 0.25) is 11.8 Å². The number of aromatic nitrogens is 1. The molecule has 6 atom stereocenters. The number of hydrogen-bond donors (Lipinski definition) is 2. The van der Waals surface area contributed by atoms with Crippen LogP contribution in [0.2, 0.25) is 0 Å². The molecule has 3 rings (SSSR count). The number of anilines is 1. The van der Waals surface area contributed by atoms with Gasteiger partial charge in [0.15, 0.2) is 5.13 Å². The summed E-state index contributed by atoms with van der Waals surface area (Å²) in [7, 11) is 1.79. The Morgan fingerprint density at radius 2 is 2.23 bits per heavy atom. The van der Waals surface area contributed by atoms with Crippen molar-refractivity contribution in [1.29, 1.82) is 0 Å². The lowest BCUT2D eigenvalue weighted by molar-refractivity contribution is -0.143. The van der Waals surface area contributed by atoms with Crippen molar-refractivity contribution in [3.8, 4) is 0 Å². The fraction of sp³-hybridized carbons (Fsp3) is 0.696. The molecule has 1 aromatic rings. The van der Waals surface area contributed by atoms with E-state index < -0.39 is 6.10 Å². The Morgan fingerprint density at radius 3 is 2.87 bits per heavy atom. The Kier molecular flexibility index (Phi) is 7.54. The van der Waals surface area contributed by atoms with Gasteiger partial charge in [0.1, 0.15) is 0 Å². The zero-order chi connectivity index (χ0) is 22.9. The molecule has 1 aromatic heterocycles. The van der Waals surface area contributed by atoms with Crippen molar-refractivity contribution in [1.82, 2.24) is 9.88 Å². The molecule has 31 heavy (non-hydrogen) atoms. The molecule has 0 spiro atoms. The first-order valence-electron chi connectivity index (χ1n) is 10.9. The van der Waals surface area contributed by atoms with Crippen LogP contribution in [0.5, 0.6) is 0 Å². The first-order chi connectivity index (χ1) is 14.6. The lowest BCUT2D eigenvalue weighted by Crippen LogP contribution is -2.53. The predicted octanol–water partition coefficient (Wildman–Crippen LogP) is 3.78. The number of hydrogen-bond acceptors (Lipinski definition) is 6. The van der Waals surface area contributed by atoms with Gasteiger partial charge in [-0.1, -0.05) is 26.8 Å². The van der Waals surface area contributed by atoms with Gasteiger partial charge in [-0.2, -0.15) is 11.8 Å². The normalized spacial score (nSPS) is 30.6. The molecule has 0 unspecified atom stereocenters. The van der Waals surface area contributed by atoms with E-state index in [0.29, 0.717) is 17.4 Å². The molecule has 0 bridgehead atoms. The molecule has 0 radical (unpaired) electrons. The average molecular weight is 466 g/mol. The summed E-state index contributed by atoms with van der Waals surface area (Å²) in [5, 5.41) is 15.1. The van der Waals surface area contributed by atoms with E-state index in [9.17, 15) is 14.7 Å². The Hall–Kier alpha value is -1.38. The maximum atomic E-state index is 12.9. The standard InChI is InChI=1S/C23H35N3O3S2/c1-7-10-26(5)21(29)13(2)15-8-9-23(4)11-16-19(14(3)18(23)20(15)28)25-22(31-16)24-17(27)12-30-6/h7,13-15,18,20,28H,1,8-12H2,2-6H3,(H,24,25,27)/t13-,14-,15+,18+,20-,23-/m0/s1. The van der Waals surface area contributed by atoms with Crippen LogP contribution in [-0.2, 0) is 16.0 Å². The highest BCUT2D eigenvalue weighted by atomic mass is 32.2. The van der Waals surface area contributed by atoms with Crippen molar-refractivity contribution < 1.29 is 14.7 Å². The van der Waals surface area contributed by atoms with Crippen LogP contribution in [0.15, 0.2) is 12.7 Å². The molecule has 2 aliphatic rings. The van der Waals surface area contributed by atoms with Gasteiger partial charge in [-0.05, 0) is 42.8 Å². The maximum Gasteiger partial charge on any atom is 0.236 e. The van der Waals surface area contributed by atoms with E-state index in [4.69, 9.17) is 4.98 Å². The van der Waals surface area contributed by atoms with Gasteiger partial charge >= 0.3 is 0 Å². The molecule has 2 aliphatic carbocycles. The van der Waals surface area contributed by atoms with Crippen LogP contribution < -0.4 is 5.32 Å². The molecule has 8 heteroatoms. The van der Waals surface area contributed by atoms with Crippen molar-refractivity contribution in [2.75, 3.05) is 30.9 Å². The monoisotopic (exact) mass is 465 g/mol. The van der Waals surface area contributed by atoms with E-state index in [-0.39, 0.29) is 40.9 Å². The summed E-state index contributed by atoms with van der Waals surface area (Å²) >= 11 is 3.05. The summed E-state index contributed by atoms with van der Waals surface area (Å²) in [5.74, 6) is 0.233. The van der Waals surface area contributed by atoms with Crippen LogP contribution in [0, 0.1) is 23.2 Å². The summed E-state index contributed by atoms with van der Waals surface area (Å²) in [6, 6.07) is 0. The minimum Gasteiger partial charge on any atom is -0.392 e. The summed E-state index contributed by atoms with van der Waals surface area (Å²) in [4.78, 5) is 32.5. The smallest absolute Gasteiger partial charge is 0.236 e. The summed E-state index contributed by atoms with van der Waals surface area (Å²) < 4.78 is 0. The molecule has 0 aliphatic heterocycles. The summed E-state index contributed by atoms with van der Waals surface area (Å²) in [6.07, 6.45) is 5.73. The first-order valence-corrected chi connectivity index (χ1v) is 13.2. The number of aliphatic hydroxyl groups is 1. The van der Waals surface area contributed by atoms with Gasteiger partial charge in [0.05, 0.1) is 17.6 Å². The molecule has 172 valence electrons. The highest BCUT2D eigenvalue weighted by Crippen LogP contribution is 2.57. The Labute approximate surface area is 193 Å². The predicted molar refractivity (Wildman–Crippen MR) is 129 cm³/mol. The number of thiazole rings is 1. The van der Waals surface area contributed by atoms with Crippen LogP contribution >= 0.6 is 23.1 Å². The fourth-order valence-corrected chi connectivity index (χ4v) is 7.32. The van der Waals surface area contributed by atoms with Gasteiger partial charge in [0.25, 0.3) is 0 Å². The molecule has 1 heterocycles. The molecule has 1 saturated carbocycles. The number of carbonyl (C=O) groups is 2. The molecular weight excluding hydrogens is 430 g/mol. The SMILES string of the molecule is C=CCN(C)C(=O)[C@@H](C)[C@H]1CC[C@@]2(C)Cc3sc(NC(=O)CSC)nc3[C@@H](C)[C@@H]2[C@H]1O. The van der Waals surface area contributed by atoms with E-state index in [0.717, 1.165) is 25.0 Å². The minimum atomic E-state index is -0.561. The van der Waals surface area contributed by atoms with Gasteiger partial charge < -0.3 is 15.3 Å². The van der Waals surface area contributed by atoms with Crippen LogP contribution in [-0.4, -0.2) is 58.5 Å². The maximum absolute atomic E-state index is 12.9. The van der Waals surface area contributed by atoms with E-state index in [1.54, 1.807) is 29.4 Å². The van der Waals surface area contributed by atoms with Gasteiger partial charge in [-0.25, -0.2) is 4.98 Å². The lowest BCUT2D eigenvalue weighted by Gasteiger charge is -2.53. The van der Waals surface area contributed by atoms with Crippen LogP contribution in [0.3, 0.4) is 0 Å². The molecule has 0 saturated heterocycles. The Morgan fingerprint density at radius 1 is 1.52 bits per heavy atom. The second-order valence-corrected chi connectivity index (χ2v) is 11.4. The third kappa shape index (κ3) is 4.71. The van der Waals surface area contributed by atoms with Crippen LogP contribution in [0.25, 0.3) is 0 Å². The number of thioether (sulfide) groups is 1. The van der Waals surface area contributed by atoms with E-state index >= 15 is 0 Å². The summed E-state index contributed by atoms with van der Waals surface area (Å²) in [5.41, 5.74) is 0.958. The Balaban J connectivity index is 1.82. The highest BCUT2D eigenvalue weighted by molar-refractivity contribution is 7.99. The van der Waals surface area contributed by atoms with E-state index in [1.165, 1.54) is 16.6 Å². The van der Waals surface area contributed by atoms with Gasteiger partial charge in [0, 0.05) is 30.3 Å². The molecular formula is C23H35N3O3S2. The number of nitrogens with zero attached hydrogens (tertiary/aromatic N) is 2. The summed E-state index contributed by atoms with van der Waals surface area (Å²) in [6.45, 7) is 10.6. The lowest BCUT2D eigenvalue weighted by atomic mass is 9.53. The number of nitrogens with one attached hydrogen (secondary N) is 1. The van der Waals surface area contributed by atoms with E-state index in [2.05, 4.69) is 25.7 Å². The third-order valence-electron chi connectivity index (χ3n) is 7.25. The molecule has 2 N–H and O–H groups in total. The van der Waals surface area contributed by atoms with Crippen molar-refractivity contribution in [3.05, 3.63) is 23.2 Å². The largest absolute Gasteiger partial charge is 0.392 e. The van der Waals surface area contributed by atoms with Crippen molar-refractivity contribution in [3.63, 3.8) is 0 Å². The van der Waals surface area contributed by atoms with Gasteiger partial charge in [-0.3, -0.25) is 9.59 Å². The molecule has 2 amide bonds. The van der Waals surface area contributed by atoms with Crippen molar-refractivity contribution in [2.45, 2.75) is 52.1 Å². The van der Waals surface area contributed by atoms with Crippen molar-refractivity contribution >= 4 is 40.0 Å². The fourth-order valence-electron chi connectivity index (χ4n) is 5.70. The number of carbonyl (C=O) groups excluding carboxylic acids is 2. The Bertz CT molecular complexity index is 842. The quantitative estimate of drug-likeness (QED) is 0.599.